The number of nitrogens with two attached hydrogens (primary N) is 1. The Labute approximate surface area is 111 Å². The molecule has 1 aliphatic rings. The molecule has 4 heteroatoms. The van der Waals surface area contributed by atoms with E-state index in [-0.39, 0.29) is 11.9 Å². The number of amides is 1. The van der Waals surface area contributed by atoms with Gasteiger partial charge in [-0.15, -0.1) is 0 Å². The molecule has 1 aromatic heterocycles. The summed E-state index contributed by atoms with van der Waals surface area (Å²) in [5, 5.41) is 0. The van der Waals surface area contributed by atoms with E-state index < -0.39 is 0 Å². The minimum absolute atomic E-state index is 0.0587. The summed E-state index contributed by atoms with van der Waals surface area (Å²) >= 11 is 0. The highest BCUT2D eigenvalue weighted by Crippen LogP contribution is 2.34. The third kappa shape index (κ3) is 1.95. The van der Waals surface area contributed by atoms with E-state index >= 15 is 0 Å². The maximum atomic E-state index is 12.5. The molecule has 19 heavy (non-hydrogen) atoms. The molecule has 0 fully saturated rings. The number of rotatable bonds is 1. The Morgan fingerprint density at radius 1 is 1.37 bits per heavy atom. The van der Waals surface area contributed by atoms with E-state index in [0.717, 1.165) is 23.4 Å². The van der Waals surface area contributed by atoms with Gasteiger partial charge in [-0.05, 0) is 49.2 Å². The number of carbonyl (C=O) groups excluding carboxylic acids is 1. The highest BCUT2D eigenvalue weighted by atomic mass is 16.2. The van der Waals surface area contributed by atoms with Gasteiger partial charge in [0.2, 0.25) is 0 Å². The van der Waals surface area contributed by atoms with Crippen LogP contribution in [-0.2, 0) is 6.42 Å². The smallest absolute Gasteiger partial charge is 0.277 e. The maximum absolute atomic E-state index is 12.5. The van der Waals surface area contributed by atoms with E-state index in [9.17, 15) is 4.79 Å². The van der Waals surface area contributed by atoms with Gasteiger partial charge in [-0.2, -0.15) is 0 Å². The molecule has 96 valence electrons. The molecule has 1 atom stereocenters. The van der Waals surface area contributed by atoms with Crippen LogP contribution in [-0.4, -0.2) is 16.9 Å². The average Bonchev–Trinajstić information content (AvgIpc) is 2.74. The molecule has 1 amide bonds. The highest BCUT2D eigenvalue weighted by molar-refractivity contribution is 6.06. The molecule has 4 nitrogen and oxygen atoms in total. The summed E-state index contributed by atoms with van der Waals surface area (Å²) in [4.78, 5) is 18.5. The van der Waals surface area contributed by atoms with Crippen LogP contribution in [0.2, 0.25) is 0 Å². The first kappa shape index (κ1) is 11.7. The minimum Gasteiger partial charge on any atom is -0.399 e. The summed E-state index contributed by atoms with van der Waals surface area (Å²) in [7, 11) is 0. The summed E-state index contributed by atoms with van der Waals surface area (Å²) in [5.41, 5.74) is 9.06. The van der Waals surface area contributed by atoms with Gasteiger partial charge in [0, 0.05) is 23.6 Å². The largest absolute Gasteiger partial charge is 0.399 e. The Hall–Kier alpha value is -2.36. The molecule has 0 aliphatic carbocycles. The Morgan fingerprint density at radius 2 is 2.21 bits per heavy atom. The molecule has 2 N–H and O–H groups in total. The van der Waals surface area contributed by atoms with E-state index in [1.54, 1.807) is 23.2 Å². The number of hydrogen-bond acceptors (Lipinski definition) is 3. The number of anilines is 2. The highest BCUT2D eigenvalue weighted by Gasteiger charge is 2.31. The fourth-order valence-electron chi connectivity index (χ4n) is 2.57. The molecule has 0 radical (unpaired) electrons. The van der Waals surface area contributed by atoms with Gasteiger partial charge in [-0.1, -0.05) is 6.07 Å². The lowest BCUT2D eigenvalue weighted by Crippen LogP contribution is -2.36. The number of hydrogen-bond donors (Lipinski definition) is 1. The van der Waals surface area contributed by atoms with Crippen LogP contribution in [0.25, 0.3) is 0 Å². The molecule has 0 saturated heterocycles. The van der Waals surface area contributed by atoms with Crippen molar-refractivity contribution in [2.75, 3.05) is 10.6 Å². The van der Waals surface area contributed by atoms with Crippen molar-refractivity contribution in [3.63, 3.8) is 0 Å². The lowest BCUT2D eigenvalue weighted by atomic mass is 10.1. The molecule has 0 bridgehead atoms. The van der Waals surface area contributed by atoms with Crippen molar-refractivity contribution in [1.29, 1.82) is 0 Å². The summed E-state index contributed by atoms with van der Waals surface area (Å²) < 4.78 is 0. The fourth-order valence-corrected chi connectivity index (χ4v) is 2.57. The molecule has 2 aromatic rings. The van der Waals surface area contributed by atoms with Crippen LogP contribution in [0.1, 0.15) is 23.0 Å². The SMILES string of the molecule is CC1Cc2cc(N)ccc2N1C(=O)c1ccccn1. The van der Waals surface area contributed by atoms with Gasteiger partial charge in [-0.3, -0.25) is 9.78 Å². The number of nitrogen functional groups attached to an aromatic ring is 1. The first-order valence-corrected chi connectivity index (χ1v) is 6.30. The van der Waals surface area contributed by atoms with E-state index in [1.807, 2.05) is 31.2 Å². The maximum Gasteiger partial charge on any atom is 0.277 e. The van der Waals surface area contributed by atoms with Gasteiger partial charge in [0.1, 0.15) is 5.69 Å². The van der Waals surface area contributed by atoms with Crippen LogP contribution < -0.4 is 10.6 Å². The van der Waals surface area contributed by atoms with Crippen molar-refractivity contribution in [2.45, 2.75) is 19.4 Å². The quantitative estimate of drug-likeness (QED) is 0.793. The third-order valence-corrected chi connectivity index (χ3v) is 3.42. The van der Waals surface area contributed by atoms with E-state index in [0.29, 0.717) is 5.69 Å². The summed E-state index contributed by atoms with van der Waals surface area (Å²) in [5.74, 6) is -0.0587. The Morgan fingerprint density at radius 3 is 2.95 bits per heavy atom. The van der Waals surface area contributed by atoms with Gasteiger partial charge in [-0.25, -0.2) is 0 Å². The van der Waals surface area contributed by atoms with Crippen molar-refractivity contribution in [3.05, 3.63) is 53.9 Å². The molecule has 1 unspecified atom stereocenters. The van der Waals surface area contributed by atoms with Gasteiger partial charge in [0.15, 0.2) is 0 Å². The molecule has 1 aromatic carbocycles. The van der Waals surface area contributed by atoms with Crippen LogP contribution in [0, 0.1) is 0 Å². The number of carbonyl (C=O) groups is 1. The van der Waals surface area contributed by atoms with E-state index in [1.165, 1.54) is 0 Å². The average molecular weight is 253 g/mol. The zero-order chi connectivity index (χ0) is 13.4. The molecule has 0 saturated carbocycles. The standard InChI is InChI=1S/C15H15N3O/c1-10-8-11-9-12(16)5-6-14(11)18(10)15(19)13-4-2-3-7-17-13/h2-7,9-10H,8,16H2,1H3. The number of benzene rings is 1. The predicted molar refractivity (Wildman–Crippen MR) is 75.1 cm³/mol. The van der Waals surface area contributed by atoms with Crippen molar-refractivity contribution in [3.8, 4) is 0 Å². The van der Waals surface area contributed by atoms with Crippen LogP contribution in [0.3, 0.4) is 0 Å². The fraction of sp³-hybridized carbons (Fsp3) is 0.200. The lowest BCUT2D eigenvalue weighted by Gasteiger charge is -2.22. The number of aromatic nitrogens is 1. The summed E-state index contributed by atoms with van der Waals surface area (Å²) in [6.07, 6.45) is 2.47. The second kappa shape index (κ2) is 4.39. The zero-order valence-corrected chi connectivity index (χ0v) is 10.7. The van der Waals surface area contributed by atoms with Crippen LogP contribution >= 0.6 is 0 Å². The monoisotopic (exact) mass is 253 g/mol. The minimum atomic E-state index is -0.0587. The predicted octanol–water partition coefficient (Wildman–Crippen LogP) is 2.26. The van der Waals surface area contributed by atoms with E-state index in [2.05, 4.69) is 4.98 Å². The molecule has 3 rings (SSSR count). The zero-order valence-electron chi connectivity index (χ0n) is 10.7. The van der Waals surface area contributed by atoms with Crippen LogP contribution in [0.15, 0.2) is 42.6 Å². The number of fused-ring (bicyclic) bond motifs is 1. The Kier molecular flexibility index (Phi) is 2.71. The number of nitrogens with zero attached hydrogens (tertiary/aromatic N) is 2. The molecular weight excluding hydrogens is 238 g/mol. The molecule has 2 heterocycles. The van der Waals surface area contributed by atoms with Crippen molar-refractivity contribution >= 4 is 17.3 Å². The molecule has 1 aliphatic heterocycles. The first-order chi connectivity index (χ1) is 9.16. The molecule has 0 spiro atoms. The van der Waals surface area contributed by atoms with Gasteiger partial charge in [0.05, 0.1) is 0 Å². The summed E-state index contributed by atoms with van der Waals surface area (Å²) in [6, 6.07) is 11.2. The number of pyridine rings is 1. The second-order valence-electron chi connectivity index (χ2n) is 4.83. The topological polar surface area (TPSA) is 59.2 Å². The molecular formula is C15H15N3O. The second-order valence-corrected chi connectivity index (χ2v) is 4.83. The normalized spacial score (nSPS) is 17.3. The van der Waals surface area contributed by atoms with Gasteiger partial charge < -0.3 is 10.6 Å². The van der Waals surface area contributed by atoms with Crippen LogP contribution in [0.4, 0.5) is 11.4 Å². The Bertz CT molecular complexity index is 625. The van der Waals surface area contributed by atoms with Crippen molar-refractivity contribution in [1.82, 2.24) is 4.98 Å². The summed E-state index contributed by atoms with van der Waals surface area (Å²) in [6.45, 7) is 2.04. The van der Waals surface area contributed by atoms with Crippen molar-refractivity contribution in [2.24, 2.45) is 0 Å². The van der Waals surface area contributed by atoms with Gasteiger partial charge in [0.25, 0.3) is 5.91 Å². The van der Waals surface area contributed by atoms with Gasteiger partial charge >= 0.3 is 0 Å². The van der Waals surface area contributed by atoms with Crippen LogP contribution in [0.5, 0.6) is 0 Å². The lowest BCUT2D eigenvalue weighted by molar-refractivity contribution is 0.0976. The Balaban J connectivity index is 2.01. The first-order valence-electron chi connectivity index (χ1n) is 6.30. The van der Waals surface area contributed by atoms with E-state index in [4.69, 9.17) is 5.73 Å². The van der Waals surface area contributed by atoms with Crippen molar-refractivity contribution < 1.29 is 4.79 Å². The third-order valence-electron chi connectivity index (χ3n) is 3.42.